The molecule has 1 atom stereocenters. The van der Waals surface area contributed by atoms with E-state index in [0.717, 1.165) is 11.1 Å². The van der Waals surface area contributed by atoms with Crippen LogP contribution in [0.4, 0.5) is 0 Å². The number of hydrogen-bond donors (Lipinski definition) is 0. The number of benzene rings is 1. The highest BCUT2D eigenvalue weighted by Gasteiger charge is 2.28. The third kappa shape index (κ3) is 2.86. The van der Waals surface area contributed by atoms with Gasteiger partial charge in [0.1, 0.15) is 6.07 Å². The number of carbonyl (C=O) groups is 2. The topological polar surface area (TPSA) is 70.4 Å². The van der Waals surface area contributed by atoms with Gasteiger partial charge in [0.2, 0.25) is 5.91 Å². The molecular formula is C15H14N2O3. The van der Waals surface area contributed by atoms with Crippen molar-refractivity contribution < 1.29 is 14.3 Å². The highest BCUT2D eigenvalue weighted by Crippen LogP contribution is 2.32. The molecule has 1 aromatic rings. The number of nitrogens with zero attached hydrogens (tertiary/aromatic N) is 2. The molecule has 1 aliphatic heterocycles. The fourth-order valence-corrected chi connectivity index (χ4v) is 2.24. The van der Waals surface area contributed by atoms with Crippen LogP contribution >= 0.6 is 0 Å². The minimum atomic E-state index is -0.493. The maximum Gasteiger partial charge on any atom is 0.309 e. The van der Waals surface area contributed by atoms with Gasteiger partial charge in [-0.3, -0.25) is 9.59 Å². The highest BCUT2D eigenvalue weighted by molar-refractivity contribution is 5.80. The van der Waals surface area contributed by atoms with Crippen molar-refractivity contribution in [2.24, 2.45) is 0 Å². The molecule has 5 nitrogen and oxygen atoms in total. The van der Waals surface area contributed by atoms with Crippen molar-refractivity contribution in [2.75, 3.05) is 6.61 Å². The molecule has 0 unspecified atom stereocenters. The summed E-state index contributed by atoms with van der Waals surface area (Å²) in [6, 6.07) is 8.94. The molecule has 0 aliphatic carbocycles. The van der Waals surface area contributed by atoms with Crippen molar-refractivity contribution >= 4 is 18.0 Å². The molecule has 0 bridgehead atoms. The van der Waals surface area contributed by atoms with Crippen LogP contribution in [0.3, 0.4) is 0 Å². The van der Waals surface area contributed by atoms with Gasteiger partial charge in [-0.1, -0.05) is 24.3 Å². The van der Waals surface area contributed by atoms with E-state index < -0.39 is 5.97 Å². The number of esters is 1. The smallest absolute Gasteiger partial charge is 0.309 e. The predicted molar refractivity (Wildman–Crippen MR) is 71.9 cm³/mol. The van der Waals surface area contributed by atoms with E-state index >= 15 is 0 Å². The first-order valence-electron chi connectivity index (χ1n) is 6.22. The fourth-order valence-electron chi connectivity index (χ4n) is 2.24. The van der Waals surface area contributed by atoms with E-state index in [4.69, 9.17) is 10.00 Å². The summed E-state index contributed by atoms with van der Waals surface area (Å²) in [5.74, 6) is -0.637. The van der Waals surface area contributed by atoms with Gasteiger partial charge in [-0.05, 0) is 17.2 Å². The van der Waals surface area contributed by atoms with Gasteiger partial charge in [0, 0.05) is 13.1 Å². The van der Waals surface area contributed by atoms with Gasteiger partial charge >= 0.3 is 5.97 Å². The fraction of sp³-hybridized carbons (Fsp3) is 0.267. The lowest BCUT2D eigenvalue weighted by Gasteiger charge is -2.31. The summed E-state index contributed by atoms with van der Waals surface area (Å²) in [5, 5.41) is 8.42. The Morgan fingerprint density at radius 3 is 2.85 bits per heavy atom. The Bertz CT molecular complexity index is 601. The lowest BCUT2D eigenvalue weighted by molar-refractivity contribution is -0.144. The number of ether oxygens (including phenoxy) is 1. The first-order chi connectivity index (χ1) is 9.63. The molecule has 0 N–H and O–H groups in total. The average Bonchev–Trinajstić information content (AvgIpc) is 2.45. The average molecular weight is 270 g/mol. The van der Waals surface area contributed by atoms with Crippen LogP contribution in [0.25, 0.3) is 6.08 Å². The van der Waals surface area contributed by atoms with E-state index in [1.165, 1.54) is 11.8 Å². The van der Waals surface area contributed by atoms with Crippen molar-refractivity contribution in [1.29, 1.82) is 5.26 Å². The first-order valence-corrected chi connectivity index (χ1v) is 6.22. The lowest BCUT2D eigenvalue weighted by Crippen LogP contribution is -2.32. The first kappa shape index (κ1) is 13.8. The molecule has 2 rings (SSSR count). The predicted octanol–water partition coefficient (Wildman–Crippen LogP) is 2.02. The van der Waals surface area contributed by atoms with Crippen LogP contribution in [0.1, 0.15) is 30.5 Å². The maximum atomic E-state index is 11.7. The number of rotatable bonds is 3. The molecule has 0 saturated heterocycles. The van der Waals surface area contributed by atoms with Crippen LogP contribution in [-0.4, -0.2) is 23.4 Å². The van der Waals surface area contributed by atoms with E-state index in [1.807, 2.05) is 30.3 Å². The van der Waals surface area contributed by atoms with Crippen LogP contribution in [-0.2, 0) is 14.3 Å². The minimum absolute atomic E-state index is 0.0304. The molecule has 20 heavy (non-hydrogen) atoms. The summed E-state index contributed by atoms with van der Waals surface area (Å²) in [6.07, 6.45) is 3.55. The van der Waals surface area contributed by atoms with Crippen molar-refractivity contribution in [3.8, 4) is 6.07 Å². The van der Waals surface area contributed by atoms with Crippen molar-refractivity contribution in [1.82, 2.24) is 4.90 Å². The Morgan fingerprint density at radius 2 is 2.15 bits per heavy atom. The van der Waals surface area contributed by atoms with Gasteiger partial charge in [0.05, 0.1) is 12.5 Å². The summed E-state index contributed by atoms with van der Waals surface area (Å²) >= 11 is 0. The Balaban J connectivity index is 2.26. The van der Waals surface area contributed by atoms with Gasteiger partial charge in [0.15, 0.2) is 6.61 Å². The molecule has 0 radical (unpaired) electrons. The summed E-state index contributed by atoms with van der Waals surface area (Å²) in [6.45, 7) is 1.18. The third-order valence-corrected chi connectivity index (χ3v) is 3.13. The SMILES string of the molecule is CC(=O)N1C=Cc2ccccc2[C@H]1CC(=O)OCC#N. The molecule has 0 spiro atoms. The van der Waals surface area contributed by atoms with E-state index in [1.54, 1.807) is 12.3 Å². The minimum Gasteiger partial charge on any atom is -0.450 e. The van der Waals surface area contributed by atoms with Crippen molar-refractivity contribution in [3.63, 3.8) is 0 Å². The monoisotopic (exact) mass is 270 g/mol. The van der Waals surface area contributed by atoms with Crippen LogP contribution in [0.15, 0.2) is 30.5 Å². The maximum absolute atomic E-state index is 11.7. The zero-order valence-corrected chi connectivity index (χ0v) is 11.1. The molecule has 102 valence electrons. The quantitative estimate of drug-likeness (QED) is 0.788. The molecule has 1 amide bonds. The van der Waals surface area contributed by atoms with Crippen molar-refractivity contribution in [2.45, 2.75) is 19.4 Å². The zero-order chi connectivity index (χ0) is 14.5. The van der Waals surface area contributed by atoms with E-state index in [9.17, 15) is 9.59 Å². The molecule has 1 heterocycles. The summed E-state index contributed by atoms with van der Waals surface area (Å²) < 4.78 is 4.77. The summed E-state index contributed by atoms with van der Waals surface area (Å²) in [5.41, 5.74) is 1.88. The number of amides is 1. The number of nitriles is 1. The normalized spacial score (nSPS) is 16.2. The van der Waals surface area contributed by atoms with E-state index in [2.05, 4.69) is 0 Å². The second-order valence-corrected chi connectivity index (χ2v) is 4.41. The standard InChI is InChI=1S/C15H14N2O3/c1-11(18)17-8-6-12-4-2-3-5-13(12)14(17)10-15(19)20-9-7-16/h2-6,8,14H,9-10H2,1H3/t14-/m1/s1. The summed E-state index contributed by atoms with van der Waals surface area (Å²) in [4.78, 5) is 24.9. The lowest BCUT2D eigenvalue weighted by atomic mass is 9.94. The van der Waals surface area contributed by atoms with Gasteiger partial charge in [-0.15, -0.1) is 0 Å². The molecule has 1 aromatic carbocycles. The Kier molecular flexibility index (Phi) is 4.16. The number of hydrogen-bond acceptors (Lipinski definition) is 4. The Morgan fingerprint density at radius 1 is 1.40 bits per heavy atom. The third-order valence-electron chi connectivity index (χ3n) is 3.13. The van der Waals surface area contributed by atoms with Gasteiger partial charge < -0.3 is 9.64 Å². The van der Waals surface area contributed by atoms with Crippen LogP contribution < -0.4 is 0 Å². The number of carbonyl (C=O) groups excluding carboxylic acids is 2. The van der Waals surface area contributed by atoms with Crippen LogP contribution in [0.2, 0.25) is 0 Å². The van der Waals surface area contributed by atoms with E-state index in [0.29, 0.717) is 0 Å². The molecule has 0 fully saturated rings. The molecule has 0 aromatic heterocycles. The second-order valence-electron chi connectivity index (χ2n) is 4.41. The molecule has 0 saturated carbocycles. The van der Waals surface area contributed by atoms with Gasteiger partial charge in [0.25, 0.3) is 0 Å². The number of fused-ring (bicyclic) bond motifs is 1. The Labute approximate surface area is 117 Å². The van der Waals surface area contributed by atoms with Gasteiger partial charge in [-0.25, -0.2) is 0 Å². The molecule has 5 heteroatoms. The second kappa shape index (κ2) is 6.02. The largest absolute Gasteiger partial charge is 0.450 e. The summed E-state index contributed by atoms with van der Waals surface area (Å²) in [7, 11) is 0. The van der Waals surface area contributed by atoms with E-state index in [-0.39, 0.29) is 25.0 Å². The zero-order valence-electron chi connectivity index (χ0n) is 11.1. The van der Waals surface area contributed by atoms with Gasteiger partial charge in [-0.2, -0.15) is 5.26 Å². The van der Waals surface area contributed by atoms with Crippen LogP contribution in [0.5, 0.6) is 0 Å². The molecular weight excluding hydrogens is 256 g/mol. The van der Waals surface area contributed by atoms with Crippen molar-refractivity contribution in [3.05, 3.63) is 41.6 Å². The molecule has 1 aliphatic rings. The highest BCUT2D eigenvalue weighted by atomic mass is 16.5. The van der Waals surface area contributed by atoms with Crippen LogP contribution in [0, 0.1) is 11.3 Å². The Hall–Kier alpha value is -2.61.